The first kappa shape index (κ1) is 22.6. The lowest BCUT2D eigenvalue weighted by Crippen LogP contribution is -2.53. The number of amides is 1. The van der Waals surface area contributed by atoms with Gasteiger partial charge in [-0.05, 0) is 6.92 Å². The van der Waals surface area contributed by atoms with Crippen molar-refractivity contribution in [2.45, 2.75) is 35.5 Å². The van der Waals surface area contributed by atoms with Crippen LogP contribution in [0.15, 0.2) is 0 Å². The van der Waals surface area contributed by atoms with Gasteiger partial charge in [0.2, 0.25) is 0 Å². The van der Waals surface area contributed by atoms with Crippen LogP contribution in [0.5, 0.6) is 0 Å². The Kier molecular flexibility index (Phi) is 6.46. The Morgan fingerprint density at radius 1 is 0.958 bits per heavy atom. The van der Waals surface area contributed by atoms with Crippen molar-refractivity contribution in [3.63, 3.8) is 0 Å². The van der Waals surface area contributed by atoms with Crippen molar-refractivity contribution in [1.82, 2.24) is 5.32 Å². The molecule has 142 valence electrons. The molecule has 0 rings (SSSR count). The number of hydrogen-bond acceptors (Lipinski definition) is 6. The summed E-state index contributed by atoms with van der Waals surface area (Å²) in [6, 6.07) is -1.74. The van der Waals surface area contributed by atoms with E-state index in [1.807, 2.05) is 0 Å². The molecule has 2 N–H and O–H groups in total. The number of alkyl halides is 6. The van der Waals surface area contributed by atoms with Crippen LogP contribution >= 0.6 is 0 Å². The molecule has 0 aliphatic carbocycles. The quantitative estimate of drug-likeness (QED) is 0.503. The zero-order chi connectivity index (χ0) is 19.7. The summed E-state index contributed by atoms with van der Waals surface area (Å²) in [5, 5.41) is 8.27. The molecule has 0 aromatic heterocycles. The molecule has 0 aliphatic heterocycles. The minimum atomic E-state index is -6.78. The second-order valence-electron chi connectivity index (χ2n) is 4.65. The van der Waals surface area contributed by atoms with E-state index in [1.54, 1.807) is 5.32 Å². The van der Waals surface area contributed by atoms with E-state index in [1.165, 1.54) is 0 Å². The Hall–Kier alpha value is -1.38. The fourth-order valence-electron chi connectivity index (χ4n) is 1.63. The molecule has 0 aromatic rings. The summed E-state index contributed by atoms with van der Waals surface area (Å²) in [5.74, 6) is -3.59. The van der Waals surface area contributed by atoms with Gasteiger partial charge >= 0.3 is 11.0 Å². The molecule has 0 saturated carbocycles. The molecule has 0 aromatic carbocycles. The topological polar surface area (TPSA) is 121 Å². The number of sulfone groups is 2. The number of carbonyl (C=O) groups is 1. The summed E-state index contributed by atoms with van der Waals surface area (Å²) in [7, 11) is -13.6. The van der Waals surface area contributed by atoms with Crippen molar-refractivity contribution in [2.75, 3.05) is 0 Å². The maximum absolute atomic E-state index is 12.6. The van der Waals surface area contributed by atoms with E-state index in [9.17, 15) is 48.0 Å². The van der Waals surface area contributed by atoms with Gasteiger partial charge < -0.3 is 10.7 Å². The molecule has 7 nitrogen and oxygen atoms in total. The van der Waals surface area contributed by atoms with Gasteiger partial charge in [0.15, 0.2) is 4.58 Å². The predicted octanol–water partition coefficient (Wildman–Crippen LogP) is 0.972. The summed E-state index contributed by atoms with van der Waals surface area (Å²) < 4.78 is 117. The van der Waals surface area contributed by atoms with Crippen LogP contribution in [-0.4, -0.2) is 50.6 Å². The zero-order valence-corrected chi connectivity index (χ0v) is 13.6. The number of halogens is 6. The summed E-state index contributed by atoms with van der Waals surface area (Å²) in [6.07, 6.45) is 0.120. The minimum Gasteiger partial charge on any atom is -0.348 e. The fraction of sp³-hybridized carbons (Fsp3) is 0.778. The molecular formula is C9H12F6N2O5S2. The van der Waals surface area contributed by atoms with E-state index in [2.05, 4.69) is 0 Å². The highest BCUT2D eigenvalue weighted by Gasteiger charge is 2.64. The van der Waals surface area contributed by atoms with E-state index < -0.39 is 53.1 Å². The van der Waals surface area contributed by atoms with Crippen molar-refractivity contribution >= 4 is 31.8 Å². The van der Waals surface area contributed by atoms with Crippen molar-refractivity contribution in [1.29, 1.82) is 5.41 Å². The second-order valence-corrected chi connectivity index (χ2v) is 9.07. The molecule has 0 spiro atoms. The molecule has 2 atom stereocenters. The van der Waals surface area contributed by atoms with Gasteiger partial charge in [0.05, 0.1) is 6.21 Å². The molecule has 0 saturated heterocycles. The standard InChI is InChI=1S/C9H12F6N2O5S2/c1-4(5(2)17-6(18)3-16)7(23(19,20)8(10,11)12)24(21,22)9(13,14)15/h3-5,7,16H,1-2H3,(H,17,18). The van der Waals surface area contributed by atoms with E-state index in [0.29, 0.717) is 6.92 Å². The average Bonchev–Trinajstić information content (AvgIpc) is 2.34. The zero-order valence-electron chi connectivity index (χ0n) is 11.9. The van der Waals surface area contributed by atoms with Crippen LogP contribution in [0.1, 0.15) is 13.8 Å². The monoisotopic (exact) mass is 406 g/mol. The highest BCUT2D eigenvalue weighted by Crippen LogP contribution is 2.40. The van der Waals surface area contributed by atoms with Gasteiger partial charge in [-0.3, -0.25) is 4.79 Å². The maximum Gasteiger partial charge on any atom is 0.498 e. The normalized spacial score (nSPS) is 16.5. The van der Waals surface area contributed by atoms with E-state index in [-0.39, 0.29) is 6.21 Å². The van der Waals surface area contributed by atoms with Gasteiger partial charge in [-0.15, -0.1) is 0 Å². The lowest BCUT2D eigenvalue weighted by molar-refractivity contribution is -0.115. The van der Waals surface area contributed by atoms with E-state index in [4.69, 9.17) is 5.41 Å². The van der Waals surface area contributed by atoms with Crippen molar-refractivity contribution in [3.8, 4) is 0 Å². The van der Waals surface area contributed by atoms with Crippen LogP contribution < -0.4 is 5.32 Å². The third-order valence-corrected chi connectivity index (χ3v) is 7.87. The Labute approximate surface area is 132 Å². The SMILES string of the molecule is CC(NC(=O)C=N)C(C)C(S(=O)(=O)C(F)(F)F)S(=O)(=O)C(F)(F)F. The lowest BCUT2D eigenvalue weighted by Gasteiger charge is -2.29. The van der Waals surface area contributed by atoms with Crippen LogP contribution in [0.2, 0.25) is 0 Å². The Morgan fingerprint density at radius 2 is 1.29 bits per heavy atom. The summed E-state index contributed by atoms with van der Waals surface area (Å²) in [5.41, 5.74) is -12.5. The summed E-state index contributed by atoms with van der Waals surface area (Å²) in [6.45, 7) is 1.29. The van der Waals surface area contributed by atoms with Gasteiger partial charge in [0, 0.05) is 12.0 Å². The van der Waals surface area contributed by atoms with Gasteiger partial charge in [0.25, 0.3) is 25.6 Å². The first-order chi connectivity index (χ1) is 10.4. The maximum atomic E-state index is 12.6. The number of carbonyl (C=O) groups excluding carboxylic acids is 1. The minimum absolute atomic E-state index is 0.120. The molecule has 24 heavy (non-hydrogen) atoms. The first-order valence-corrected chi connectivity index (χ1v) is 8.91. The van der Waals surface area contributed by atoms with Gasteiger partial charge in [0.1, 0.15) is 0 Å². The first-order valence-electron chi connectivity index (χ1n) is 5.82. The van der Waals surface area contributed by atoms with Crippen LogP contribution in [0, 0.1) is 11.3 Å². The Balaban J connectivity index is 6.31. The van der Waals surface area contributed by atoms with E-state index in [0.717, 1.165) is 6.92 Å². The molecule has 0 heterocycles. The predicted molar refractivity (Wildman–Crippen MR) is 69.3 cm³/mol. The molecule has 0 aliphatic rings. The van der Waals surface area contributed by atoms with Gasteiger partial charge in [-0.25, -0.2) is 16.8 Å². The van der Waals surface area contributed by atoms with Crippen molar-refractivity contribution in [3.05, 3.63) is 0 Å². The third-order valence-electron chi connectivity index (χ3n) is 2.98. The van der Waals surface area contributed by atoms with Crippen LogP contribution in [0.4, 0.5) is 26.3 Å². The number of rotatable bonds is 6. The van der Waals surface area contributed by atoms with Crippen LogP contribution in [0.3, 0.4) is 0 Å². The largest absolute Gasteiger partial charge is 0.498 e. The Morgan fingerprint density at radius 3 is 1.54 bits per heavy atom. The highest BCUT2D eigenvalue weighted by molar-refractivity contribution is 8.09. The average molecular weight is 406 g/mol. The van der Waals surface area contributed by atoms with Crippen molar-refractivity contribution in [2.24, 2.45) is 5.92 Å². The number of nitrogens with one attached hydrogen (secondary N) is 2. The smallest absolute Gasteiger partial charge is 0.348 e. The van der Waals surface area contributed by atoms with Gasteiger partial charge in [-0.1, -0.05) is 6.92 Å². The second kappa shape index (κ2) is 6.85. The molecule has 0 fully saturated rings. The molecule has 2 unspecified atom stereocenters. The molecule has 0 radical (unpaired) electrons. The fourth-order valence-corrected chi connectivity index (χ4v) is 5.75. The molecule has 1 amide bonds. The lowest BCUT2D eigenvalue weighted by atomic mass is 10.1. The Bertz CT molecular complexity index is 653. The molecule has 15 heteroatoms. The van der Waals surface area contributed by atoms with Crippen LogP contribution in [0.25, 0.3) is 0 Å². The van der Waals surface area contributed by atoms with Crippen molar-refractivity contribution < 1.29 is 48.0 Å². The molecule has 0 bridgehead atoms. The van der Waals surface area contributed by atoms with Gasteiger partial charge in [-0.2, -0.15) is 26.3 Å². The summed E-state index contributed by atoms with van der Waals surface area (Å²) >= 11 is 0. The highest BCUT2D eigenvalue weighted by atomic mass is 32.3. The number of hydrogen-bond donors (Lipinski definition) is 2. The van der Waals surface area contributed by atoms with Crippen LogP contribution in [-0.2, 0) is 24.5 Å². The third kappa shape index (κ3) is 4.37. The summed E-state index contributed by atoms with van der Waals surface area (Å²) in [4.78, 5) is 10.9. The van der Waals surface area contributed by atoms with E-state index >= 15 is 0 Å². The molecular weight excluding hydrogens is 394 g/mol.